The molecular formula is C15H12ClN7O5S4. The summed E-state index contributed by atoms with van der Waals surface area (Å²) in [6, 6.07) is -2.62. The Balaban J connectivity index is 1.53. The molecule has 0 bridgehead atoms. The number of thioether (sulfide) groups is 2. The van der Waals surface area contributed by atoms with Crippen LogP contribution < -0.4 is 11.1 Å². The Hall–Kier alpha value is -2.27. The first-order valence-corrected chi connectivity index (χ1v) is 12.5. The lowest BCUT2D eigenvalue weighted by atomic mass is 10.0. The van der Waals surface area contributed by atoms with Crippen molar-refractivity contribution in [1.82, 2.24) is 24.8 Å². The van der Waals surface area contributed by atoms with Crippen molar-refractivity contribution in [3.8, 4) is 0 Å². The minimum absolute atomic E-state index is 0.0430. The number of halogens is 1. The second-order valence-electron chi connectivity index (χ2n) is 6.44. The van der Waals surface area contributed by atoms with Crippen LogP contribution in [-0.2, 0) is 14.4 Å². The number of hydrogen-bond donors (Lipinski definition) is 3. The average molecular weight is 534 g/mol. The SMILES string of the molecule is Cc1nnsc1SC1=C(C(=O)O)N2C(=O)[C@@H](NC(=O)C(N=O)c3nc(N)sc3Cl)C2SC1. The van der Waals surface area contributed by atoms with Crippen LogP contribution in [0.2, 0.25) is 4.34 Å². The topological polar surface area (TPSA) is 181 Å². The first-order chi connectivity index (χ1) is 15.2. The number of anilines is 1. The lowest BCUT2D eigenvalue weighted by molar-refractivity contribution is -0.150. The summed E-state index contributed by atoms with van der Waals surface area (Å²) < 4.78 is 4.61. The zero-order valence-corrected chi connectivity index (χ0v) is 19.9. The highest BCUT2D eigenvalue weighted by Crippen LogP contribution is 2.46. The zero-order valence-electron chi connectivity index (χ0n) is 15.8. The number of nitrogen functional groups attached to an aromatic ring is 1. The number of β-lactam (4-membered cyclic amide) rings is 1. The lowest BCUT2D eigenvalue weighted by Crippen LogP contribution is -2.70. The largest absolute Gasteiger partial charge is 0.477 e. The maximum absolute atomic E-state index is 12.8. The van der Waals surface area contributed by atoms with Gasteiger partial charge in [-0.05, 0) is 23.6 Å². The van der Waals surface area contributed by atoms with Gasteiger partial charge in [-0.2, -0.15) is 0 Å². The van der Waals surface area contributed by atoms with Crippen LogP contribution in [0, 0.1) is 11.8 Å². The Morgan fingerprint density at radius 1 is 1.47 bits per heavy atom. The number of rotatable bonds is 7. The quantitative estimate of drug-likeness (QED) is 0.348. The first kappa shape index (κ1) is 22.9. The van der Waals surface area contributed by atoms with E-state index < -0.39 is 35.2 Å². The van der Waals surface area contributed by atoms with E-state index in [1.807, 2.05) is 0 Å². The molecule has 2 aromatic heterocycles. The van der Waals surface area contributed by atoms with Crippen molar-refractivity contribution in [1.29, 1.82) is 0 Å². The van der Waals surface area contributed by atoms with Crippen LogP contribution in [-0.4, -0.2) is 59.5 Å². The minimum Gasteiger partial charge on any atom is -0.477 e. The van der Waals surface area contributed by atoms with Crippen LogP contribution in [0.5, 0.6) is 0 Å². The highest BCUT2D eigenvalue weighted by molar-refractivity contribution is 8.07. The summed E-state index contributed by atoms with van der Waals surface area (Å²) >= 11 is 10.5. The molecule has 2 aliphatic heterocycles. The Kier molecular flexibility index (Phi) is 6.39. The maximum Gasteiger partial charge on any atom is 0.353 e. The van der Waals surface area contributed by atoms with Gasteiger partial charge in [-0.1, -0.05) is 39.2 Å². The number of carbonyl (C=O) groups excluding carboxylic acids is 2. The van der Waals surface area contributed by atoms with E-state index in [1.54, 1.807) is 6.92 Å². The van der Waals surface area contributed by atoms with Gasteiger partial charge in [0.05, 0.1) is 5.69 Å². The van der Waals surface area contributed by atoms with Gasteiger partial charge in [0.15, 0.2) is 5.13 Å². The molecule has 168 valence electrons. The highest BCUT2D eigenvalue weighted by Gasteiger charge is 2.55. The predicted molar refractivity (Wildman–Crippen MR) is 120 cm³/mol. The van der Waals surface area contributed by atoms with Crippen LogP contribution in [0.3, 0.4) is 0 Å². The van der Waals surface area contributed by atoms with E-state index in [-0.39, 0.29) is 20.9 Å². The minimum atomic E-state index is -1.59. The standard InChI is InChI=1S/C15H12ClN7O5S4/c1-3-14(32-22-20-3)30-4-2-29-12-7(11(25)23(12)8(4)13(26)27)18-10(24)6(21-28)5-9(16)31-15(17)19-5/h6-7,12H,2H2,1H3,(H2,17,19)(H,18,24)(H,26,27)/t6?,7-,12?/m1/s1. The summed E-state index contributed by atoms with van der Waals surface area (Å²) in [6.07, 6.45) is 0. The molecule has 4 N–H and O–H groups in total. The molecule has 1 fully saturated rings. The molecule has 4 heterocycles. The van der Waals surface area contributed by atoms with Crippen LogP contribution >= 0.6 is 58.0 Å². The van der Waals surface area contributed by atoms with Gasteiger partial charge in [-0.15, -0.1) is 21.8 Å². The molecule has 2 aliphatic rings. The number of fused-ring (bicyclic) bond motifs is 1. The number of hydrogen-bond acceptors (Lipinski definition) is 13. The Morgan fingerprint density at radius 2 is 2.22 bits per heavy atom. The van der Waals surface area contributed by atoms with Crippen molar-refractivity contribution < 1.29 is 19.5 Å². The van der Waals surface area contributed by atoms with Gasteiger partial charge in [-0.25, -0.2) is 9.78 Å². The first-order valence-electron chi connectivity index (χ1n) is 8.65. The number of carboxylic acids is 1. The second kappa shape index (κ2) is 8.93. The molecular weight excluding hydrogens is 522 g/mol. The van der Waals surface area contributed by atoms with Crippen LogP contribution in [0.4, 0.5) is 5.13 Å². The van der Waals surface area contributed by atoms with E-state index in [1.165, 1.54) is 23.5 Å². The number of nitrogens with zero attached hydrogens (tertiary/aromatic N) is 5. The Morgan fingerprint density at radius 3 is 2.78 bits per heavy atom. The lowest BCUT2D eigenvalue weighted by Gasteiger charge is -2.49. The second-order valence-corrected chi connectivity index (χ2v) is 11.3. The van der Waals surface area contributed by atoms with Crippen LogP contribution in [0.25, 0.3) is 0 Å². The fraction of sp³-hybridized carbons (Fsp3) is 0.333. The fourth-order valence-electron chi connectivity index (χ4n) is 3.05. The van der Waals surface area contributed by atoms with E-state index in [2.05, 4.69) is 25.1 Å². The summed E-state index contributed by atoms with van der Waals surface area (Å²) in [5, 5.41) is 18.3. The highest BCUT2D eigenvalue weighted by atomic mass is 35.5. The molecule has 1 saturated heterocycles. The summed E-state index contributed by atoms with van der Waals surface area (Å²) in [6.45, 7) is 1.76. The Bertz CT molecular complexity index is 1170. The molecule has 2 aromatic rings. The van der Waals surface area contributed by atoms with Crippen molar-refractivity contribution in [3.63, 3.8) is 0 Å². The molecule has 17 heteroatoms. The van der Waals surface area contributed by atoms with E-state index in [0.717, 1.165) is 32.0 Å². The van der Waals surface area contributed by atoms with Gasteiger partial charge in [0, 0.05) is 10.7 Å². The van der Waals surface area contributed by atoms with Crippen molar-refractivity contribution in [2.75, 3.05) is 11.5 Å². The van der Waals surface area contributed by atoms with Gasteiger partial charge >= 0.3 is 5.97 Å². The number of amides is 2. The predicted octanol–water partition coefficient (Wildman–Crippen LogP) is 1.83. The Labute approximate surface area is 201 Å². The molecule has 12 nitrogen and oxygen atoms in total. The number of carboxylic acid groups (broad SMARTS) is 1. The summed E-state index contributed by atoms with van der Waals surface area (Å²) in [7, 11) is 0. The van der Waals surface area contributed by atoms with Gasteiger partial charge in [-0.3, -0.25) is 14.5 Å². The maximum atomic E-state index is 12.8. The van der Waals surface area contributed by atoms with Crippen LogP contribution in [0.15, 0.2) is 20.0 Å². The number of aliphatic carboxylic acids is 1. The van der Waals surface area contributed by atoms with Gasteiger partial charge < -0.3 is 16.2 Å². The number of nitrogens with one attached hydrogen (secondary N) is 1. The number of thiazole rings is 1. The molecule has 2 unspecified atom stereocenters. The van der Waals surface area contributed by atoms with E-state index >= 15 is 0 Å². The van der Waals surface area contributed by atoms with E-state index in [9.17, 15) is 24.4 Å². The van der Waals surface area contributed by atoms with Crippen molar-refractivity contribution in [2.24, 2.45) is 5.18 Å². The third-order valence-corrected chi connectivity index (χ3v) is 9.24. The zero-order chi connectivity index (χ0) is 23.2. The molecule has 0 aromatic carbocycles. The van der Waals surface area contributed by atoms with E-state index in [0.29, 0.717) is 16.4 Å². The summed E-state index contributed by atoms with van der Waals surface area (Å²) in [5.41, 5.74) is 5.97. The normalized spacial score (nSPS) is 21.1. The van der Waals surface area contributed by atoms with Crippen LogP contribution in [0.1, 0.15) is 17.4 Å². The fourth-order valence-corrected chi connectivity index (χ4v) is 7.31. The molecule has 4 rings (SSSR count). The summed E-state index contributed by atoms with van der Waals surface area (Å²) in [5.74, 6) is -2.45. The molecule has 0 spiro atoms. The molecule has 2 amide bonds. The summed E-state index contributed by atoms with van der Waals surface area (Å²) in [4.78, 5) is 54.1. The van der Waals surface area contributed by atoms with Gasteiger partial charge in [0.2, 0.25) is 6.04 Å². The number of carbonyl (C=O) groups is 3. The third kappa shape index (κ3) is 3.96. The molecule has 0 saturated carbocycles. The van der Waals surface area contributed by atoms with Gasteiger partial charge in [0.1, 0.15) is 31.4 Å². The monoisotopic (exact) mass is 533 g/mol. The van der Waals surface area contributed by atoms with Gasteiger partial charge in [0.25, 0.3) is 11.8 Å². The van der Waals surface area contributed by atoms with Crippen molar-refractivity contribution in [3.05, 3.63) is 31.2 Å². The average Bonchev–Trinajstić information content (AvgIpc) is 3.30. The number of nitroso groups, excluding NO2 is 1. The molecule has 0 aliphatic carbocycles. The smallest absolute Gasteiger partial charge is 0.353 e. The number of nitrogens with two attached hydrogens (primary N) is 1. The third-order valence-electron chi connectivity index (χ3n) is 4.50. The molecule has 0 radical (unpaired) electrons. The van der Waals surface area contributed by atoms with Crippen molar-refractivity contribution in [2.45, 2.75) is 28.6 Å². The number of aryl methyl sites for hydroxylation is 1. The van der Waals surface area contributed by atoms with E-state index in [4.69, 9.17) is 17.3 Å². The number of aromatic nitrogens is 3. The molecule has 32 heavy (non-hydrogen) atoms. The molecule has 3 atom stereocenters. The van der Waals surface area contributed by atoms with Crippen molar-refractivity contribution >= 4 is 80.9 Å².